The minimum absolute atomic E-state index is 0.0597. The number of amides is 1. The molecule has 0 bridgehead atoms. The Morgan fingerprint density at radius 3 is 2.63 bits per heavy atom. The highest BCUT2D eigenvalue weighted by molar-refractivity contribution is 5.98. The molecule has 1 amide bonds. The summed E-state index contributed by atoms with van der Waals surface area (Å²) in [6, 6.07) is 13.4. The first kappa shape index (κ1) is 16.8. The van der Waals surface area contributed by atoms with Crippen LogP contribution in [-0.4, -0.2) is 20.5 Å². The van der Waals surface area contributed by atoms with Crippen molar-refractivity contribution >= 4 is 17.4 Å². The first-order chi connectivity index (χ1) is 13.1. The van der Waals surface area contributed by atoms with E-state index in [0.717, 1.165) is 0 Å². The first-order valence-corrected chi connectivity index (χ1v) is 8.24. The minimum atomic E-state index is -0.397. The summed E-state index contributed by atoms with van der Waals surface area (Å²) in [6.07, 6.45) is 3.36. The van der Waals surface area contributed by atoms with E-state index < -0.39 is 5.82 Å². The van der Waals surface area contributed by atoms with Gasteiger partial charge in [0.15, 0.2) is 11.5 Å². The molecule has 0 spiro atoms. The van der Waals surface area contributed by atoms with Gasteiger partial charge >= 0.3 is 0 Å². The van der Waals surface area contributed by atoms with E-state index in [1.54, 1.807) is 42.7 Å². The summed E-state index contributed by atoms with van der Waals surface area (Å²) < 4.78 is 28.2. The highest BCUT2D eigenvalue weighted by Crippen LogP contribution is 2.31. The van der Waals surface area contributed by atoms with E-state index in [4.69, 9.17) is 0 Å². The number of nitrogens with one attached hydrogen (secondary N) is 1. The Bertz CT molecular complexity index is 1120. The maximum Gasteiger partial charge on any atom is 0.230 e. The number of benzene rings is 2. The van der Waals surface area contributed by atoms with Gasteiger partial charge in [0.25, 0.3) is 0 Å². The Kier molecular flexibility index (Phi) is 4.33. The smallest absolute Gasteiger partial charge is 0.230 e. The molecule has 4 rings (SSSR count). The second-order valence-corrected chi connectivity index (χ2v) is 5.97. The van der Waals surface area contributed by atoms with Gasteiger partial charge in [-0.1, -0.05) is 24.3 Å². The molecular formula is C20H14F2N4O. The molecule has 4 aromatic rings. The summed E-state index contributed by atoms with van der Waals surface area (Å²) >= 11 is 0. The summed E-state index contributed by atoms with van der Waals surface area (Å²) in [6.45, 7) is 0. The van der Waals surface area contributed by atoms with Gasteiger partial charge in [0.2, 0.25) is 5.91 Å². The molecule has 0 unspecified atom stereocenters. The Morgan fingerprint density at radius 1 is 1.04 bits per heavy atom. The third-order valence-corrected chi connectivity index (χ3v) is 4.04. The van der Waals surface area contributed by atoms with Crippen LogP contribution in [0.2, 0.25) is 0 Å². The molecule has 0 saturated carbocycles. The normalized spacial score (nSPS) is 10.9. The average molecular weight is 364 g/mol. The highest BCUT2D eigenvalue weighted by atomic mass is 19.1. The molecule has 0 radical (unpaired) electrons. The quantitative estimate of drug-likeness (QED) is 0.598. The second kappa shape index (κ2) is 6.95. The fraction of sp³-hybridized carbons (Fsp3) is 0.0500. The van der Waals surface area contributed by atoms with Gasteiger partial charge in [-0.25, -0.2) is 18.3 Å². The van der Waals surface area contributed by atoms with Crippen molar-refractivity contribution in [3.63, 3.8) is 0 Å². The van der Waals surface area contributed by atoms with Crippen LogP contribution in [0.5, 0.6) is 0 Å². The van der Waals surface area contributed by atoms with Crippen LogP contribution in [-0.2, 0) is 11.2 Å². The Balaban J connectivity index is 1.69. The van der Waals surface area contributed by atoms with Crippen LogP contribution in [0.25, 0.3) is 16.8 Å². The van der Waals surface area contributed by atoms with Crippen molar-refractivity contribution in [2.45, 2.75) is 6.42 Å². The lowest BCUT2D eigenvalue weighted by atomic mass is 10.1. The predicted molar refractivity (Wildman–Crippen MR) is 97.1 cm³/mol. The molecule has 0 aliphatic carbocycles. The van der Waals surface area contributed by atoms with Crippen LogP contribution >= 0.6 is 0 Å². The molecule has 0 atom stereocenters. The molecule has 7 heteroatoms. The average Bonchev–Trinajstić information content (AvgIpc) is 3.01. The monoisotopic (exact) mass is 364 g/mol. The summed E-state index contributed by atoms with van der Waals surface area (Å²) in [7, 11) is 0. The zero-order chi connectivity index (χ0) is 18.8. The van der Waals surface area contributed by atoms with Crippen molar-refractivity contribution in [2.75, 3.05) is 5.32 Å². The highest BCUT2D eigenvalue weighted by Gasteiger charge is 2.18. The van der Waals surface area contributed by atoms with Crippen LogP contribution in [0.1, 0.15) is 5.56 Å². The minimum Gasteiger partial charge on any atom is -0.308 e. The fourth-order valence-electron chi connectivity index (χ4n) is 2.85. The number of carbonyl (C=O) groups is 1. The van der Waals surface area contributed by atoms with Crippen molar-refractivity contribution in [2.24, 2.45) is 0 Å². The van der Waals surface area contributed by atoms with Crippen LogP contribution in [0, 0.1) is 11.6 Å². The van der Waals surface area contributed by atoms with E-state index in [9.17, 15) is 13.6 Å². The van der Waals surface area contributed by atoms with Crippen molar-refractivity contribution in [1.82, 2.24) is 14.6 Å². The maximum absolute atomic E-state index is 13.7. The lowest BCUT2D eigenvalue weighted by Gasteiger charge is -2.06. The topological polar surface area (TPSA) is 59.3 Å². The summed E-state index contributed by atoms with van der Waals surface area (Å²) in [5.74, 6) is -0.792. The SMILES string of the molecule is O=C(Cc1ccc(F)cc1)Nc1nn2cccnc2c1-c1cccc(F)c1. The van der Waals surface area contributed by atoms with Gasteiger partial charge < -0.3 is 5.32 Å². The zero-order valence-corrected chi connectivity index (χ0v) is 14.1. The van der Waals surface area contributed by atoms with Gasteiger partial charge in [0.05, 0.1) is 12.0 Å². The molecule has 1 N–H and O–H groups in total. The predicted octanol–water partition coefficient (Wildman–Crippen LogP) is 3.86. The van der Waals surface area contributed by atoms with Crippen LogP contribution < -0.4 is 5.32 Å². The molecule has 0 aliphatic rings. The number of hydrogen-bond acceptors (Lipinski definition) is 3. The third kappa shape index (κ3) is 3.52. The van der Waals surface area contributed by atoms with Gasteiger partial charge in [-0.15, -0.1) is 5.10 Å². The number of hydrogen-bond donors (Lipinski definition) is 1. The maximum atomic E-state index is 13.7. The van der Waals surface area contributed by atoms with Gasteiger partial charge in [-0.05, 0) is 41.5 Å². The zero-order valence-electron chi connectivity index (χ0n) is 14.1. The molecule has 0 saturated heterocycles. The number of nitrogens with zero attached hydrogens (tertiary/aromatic N) is 3. The van der Waals surface area contributed by atoms with E-state index in [1.165, 1.54) is 28.8 Å². The van der Waals surface area contributed by atoms with E-state index in [2.05, 4.69) is 15.4 Å². The second-order valence-electron chi connectivity index (χ2n) is 5.97. The van der Waals surface area contributed by atoms with Crippen molar-refractivity contribution < 1.29 is 13.6 Å². The molecule has 5 nitrogen and oxygen atoms in total. The largest absolute Gasteiger partial charge is 0.308 e. The standard InChI is InChI=1S/C20H14F2N4O/c21-15-7-5-13(6-8-15)11-17(27)24-19-18(14-3-1-4-16(22)12-14)20-23-9-2-10-26(20)25-19/h1-10,12H,11H2,(H,24,25,27). The van der Waals surface area contributed by atoms with Crippen LogP contribution in [0.3, 0.4) is 0 Å². The molecule has 0 fully saturated rings. The number of carbonyl (C=O) groups excluding carboxylic acids is 1. The van der Waals surface area contributed by atoms with Crippen molar-refractivity contribution in [3.8, 4) is 11.1 Å². The summed E-state index contributed by atoms with van der Waals surface area (Å²) in [5, 5.41) is 7.11. The molecular weight excluding hydrogens is 350 g/mol. The number of fused-ring (bicyclic) bond motifs is 1. The molecule has 2 aromatic carbocycles. The number of anilines is 1. The molecule has 2 aromatic heterocycles. The van der Waals surface area contributed by atoms with Crippen LogP contribution in [0.15, 0.2) is 67.0 Å². The van der Waals surface area contributed by atoms with Gasteiger partial charge in [-0.2, -0.15) is 0 Å². The molecule has 2 heterocycles. The Hall–Kier alpha value is -3.61. The molecule has 134 valence electrons. The number of halogens is 2. The Labute approximate surface area is 153 Å². The molecule has 27 heavy (non-hydrogen) atoms. The van der Waals surface area contributed by atoms with E-state index in [0.29, 0.717) is 22.3 Å². The van der Waals surface area contributed by atoms with Crippen LogP contribution in [0.4, 0.5) is 14.6 Å². The van der Waals surface area contributed by atoms with Crippen molar-refractivity contribution in [3.05, 3.63) is 84.2 Å². The Morgan fingerprint density at radius 2 is 1.85 bits per heavy atom. The van der Waals surface area contributed by atoms with E-state index in [-0.39, 0.29) is 24.0 Å². The lowest BCUT2D eigenvalue weighted by Crippen LogP contribution is -2.15. The van der Waals surface area contributed by atoms with Gasteiger partial charge in [0, 0.05) is 12.4 Å². The number of aromatic nitrogens is 3. The first-order valence-electron chi connectivity index (χ1n) is 8.24. The number of rotatable bonds is 4. The summed E-state index contributed by atoms with van der Waals surface area (Å²) in [4.78, 5) is 16.7. The van der Waals surface area contributed by atoms with Gasteiger partial charge in [-0.3, -0.25) is 4.79 Å². The van der Waals surface area contributed by atoms with E-state index in [1.807, 2.05) is 0 Å². The fourth-order valence-corrected chi connectivity index (χ4v) is 2.85. The third-order valence-electron chi connectivity index (χ3n) is 4.04. The van der Waals surface area contributed by atoms with Gasteiger partial charge in [0.1, 0.15) is 11.6 Å². The van der Waals surface area contributed by atoms with E-state index >= 15 is 0 Å². The molecule has 0 aliphatic heterocycles. The summed E-state index contributed by atoms with van der Waals surface area (Å²) in [5.41, 5.74) is 2.26. The van der Waals surface area contributed by atoms with Crippen molar-refractivity contribution in [1.29, 1.82) is 0 Å². The lowest BCUT2D eigenvalue weighted by molar-refractivity contribution is -0.115.